The topological polar surface area (TPSA) is 107 Å². The zero-order valence-electron chi connectivity index (χ0n) is 19.3. The number of ether oxygens (including phenoxy) is 2. The number of rotatable bonds is 8. The standard InChI is InChI=1S/C25H29N3O5S/c1-32-21-13-20(14-22(15-21)33-2)28-25(29)19-10-8-17(9-11-19)16-27-34(30,31)23-7-3-5-18-6-4-12-26-24(18)23/h3-7,12-15,17,19,27H,8-11,16H2,1-2H3,(H,28,29). The zero-order chi connectivity index (χ0) is 24.1. The van der Waals surface area contributed by atoms with Gasteiger partial charge in [0.25, 0.3) is 0 Å². The van der Waals surface area contributed by atoms with Crippen molar-refractivity contribution in [2.75, 3.05) is 26.1 Å². The summed E-state index contributed by atoms with van der Waals surface area (Å²) in [5.41, 5.74) is 1.09. The number of carbonyl (C=O) groups is 1. The summed E-state index contributed by atoms with van der Waals surface area (Å²) in [4.78, 5) is 17.2. The van der Waals surface area contributed by atoms with Gasteiger partial charge in [-0.2, -0.15) is 0 Å². The number of hydrogen-bond donors (Lipinski definition) is 2. The van der Waals surface area contributed by atoms with Gasteiger partial charge in [0.1, 0.15) is 16.4 Å². The Bertz CT molecular complexity index is 1240. The van der Waals surface area contributed by atoms with Crippen molar-refractivity contribution in [1.29, 1.82) is 0 Å². The summed E-state index contributed by atoms with van der Waals surface area (Å²) >= 11 is 0. The lowest BCUT2D eigenvalue weighted by molar-refractivity contribution is -0.121. The number of pyridine rings is 1. The van der Waals surface area contributed by atoms with Crippen molar-refractivity contribution in [3.8, 4) is 11.5 Å². The highest BCUT2D eigenvalue weighted by atomic mass is 32.2. The zero-order valence-corrected chi connectivity index (χ0v) is 20.1. The van der Waals surface area contributed by atoms with Crippen molar-refractivity contribution in [1.82, 2.24) is 9.71 Å². The van der Waals surface area contributed by atoms with E-state index in [-0.39, 0.29) is 22.6 Å². The Morgan fingerprint density at radius 2 is 1.68 bits per heavy atom. The van der Waals surface area contributed by atoms with Gasteiger partial charge in [-0.3, -0.25) is 9.78 Å². The van der Waals surface area contributed by atoms with E-state index in [1.165, 1.54) is 0 Å². The number of benzene rings is 2. The van der Waals surface area contributed by atoms with Gasteiger partial charge in [-0.25, -0.2) is 13.1 Å². The monoisotopic (exact) mass is 483 g/mol. The van der Waals surface area contributed by atoms with Crippen LogP contribution in [0.2, 0.25) is 0 Å². The van der Waals surface area contributed by atoms with E-state index in [1.807, 2.05) is 12.1 Å². The predicted octanol–water partition coefficient (Wildman–Crippen LogP) is 3.98. The van der Waals surface area contributed by atoms with Gasteiger partial charge in [-0.05, 0) is 43.7 Å². The van der Waals surface area contributed by atoms with Crippen molar-refractivity contribution < 1.29 is 22.7 Å². The molecule has 0 atom stereocenters. The molecule has 1 fully saturated rings. The molecule has 1 saturated carbocycles. The molecule has 2 aromatic carbocycles. The molecule has 0 aliphatic heterocycles. The maximum atomic E-state index is 12.9. The Kier molecular flexibility index (Phi) is 7.33. The van der Waals surface area contributed by atoms with E-state index in [0.717, 1.165) is 18.2 Å². The molecule has 3 aromatic rings. The molecule has 1 amide bonds. The quantitative estimate of drug-likeness (QED) is 0.502. The predicted molar refractivity (Wildman–Crippen MR) is 131 cm³/mol. The minimum atomic E-state index is -3.69. The van der Waals surface area contributed by atoms with Gasteiger partial charge in [-0.15, -0.1) is 0 Å². The lowest BCUT2D eigenvalue weighted by Gasteiger charge is -2.28. The van der Waals surface area contributed by atoms with E-state index in [0.29, 0.717) is 42.1 Å². The summed E-state index contributed by atoms with van der Waals surface area (Å²) in [6.45, 7) is 0.340. The second kappa shape index (κ2) is 10.4. The number of hydrogen-bond acceptors (Lipinski definition) is 6. The Balaban J connectivity index is 1.32. The van der Waals surface area contributed by atoms with E-state index in [9.17, 15) is 13.2 Å². The minimum Gasteiger partial charge on any atom is -0.497 e. The second-order valence-electron chi connectivity index (χ2n) is 8.49. The fourth-order valence-electron chi connectivity index (χ4n) is 4.35. The van der Waals surface area contributed by atoms with E-state index in [4.69, 9.17) is 9.47 Å². The molecule has 0 spiro atoms. The van der Waals surface area contributed by atoms with Gasteiger partial charge in [0.05, 0.1) is 19.7 Å². The highest BCUT2D eigenvalue weighted by molar-refractivity contribution is 7.89. The summed E-state index contributed by atoms with van der Waals surface area (Å²) < 4.78 is 39.1. The van der Waals surface area contributed by atoms with Crippen LogP contribution in [0.1, 0.15) is 25.7 Å². The Hall–Kier alpha value is -3.17. The Labute approximate surface area is 199 Å². The first kappa shape index (κ1) is 24.0. The van der Waals surface area contributed by atoms with Crippen molar-refractivity contribution >= 4 is 32.5 Å². The summed E-state index contributed by atoms with van der Waals surface area (Å²) in [5, 5.41) is 3.74. The molecule has 4 rings (SSSR count). The molecule has 34 heavy (non-hydrogen) atoms. The van der Waals surface area contributed by atoms with Crippen LogP contribution in [0.4, 0.5) is 5.69 Å². The van der Waals surface area contributed by atoms with Gasteiger partial charge >= 0.3 is 0 Å². The third kappa shape index (κ3) is 5.48. The molecule has 1 aliphatic carbocycles. The number of anilines is 1. The lowest BCUT2D eigenvalue weighted by Crippen LogP contribution is -2.33. The van der Waals surface area contributed by atoms with Crippen LogP contribution in [0.3, 0.4) is 0 Å². The molecule has 0 saturated heterocycles. The van der Waals surface area contributed by atoms with Crippen LogP contribution in [0.15, 0.2) is 59.6 Å². The molecular formula is C25H29N3O5S. The SMILES string of the molecule is COc1cc(NC(=O)C2CCC(CNS(=O)(=O)c3cccc4cccnc34)CC2)cc(OC)c1. The molecule has 180 valence electrons. The minimum absolute atomic E-state index is 0.0452. The number of nitrogens with one attached hydrogen (secondary N) is 2. The number of fused-ring (bicyclic) bond motifs is 1. The number of aromatic nitrogens is 1. The van der Waals surface area contributed by atoms with Crippen molar-refractivity contribution in [2.24, 2.45) is 11.8 Å². The van der Waals surface area contributed by atoms with Crippen molar-refractivity contribution in [2.45, 2.75) is 30.6 Å². The van der Waals surface area contributed by atoms with Crippen LogP contribution >= 0.6 is 0 Å². The summed E-state index contributed by atoms with van der Waals surface area (Å²) in [5.74, 6) is 1.22. The van der Waals surface area contributed by atoms with Gasteiger partial charge in [0, 0.05) is 47.9 Å². The summed E-state index contributed by atoms with van der Waals surface area (Å²) in [7, 11) is -0.561. The van der Waals surface area contributed by atoms with Gasteiger partial charge < -0.3 is 14.8 Å². The van der Waals surface area contributed by atoms with E-state index in [1.54, 1.807) is 56.8 Å². The fraction of sp³-hybridized carbons (Fsp3) is 0.360. The van der Waals surface area contributed by atoms with Gasteiger partial charge in [0.2, 0.25) is 15.9 Å². The maximum absolute atomic E-state index is 12.9. The third-order valence-corrected chi connectivity index (χ3v) is 7.74. The average Bonchev–Trinajstić information content (AvgIpc) is 2.87. The van der Waals surface area contributed by atoms with E-state index in [2.05, 4.69) is 15.0 Å². The van der Waals surface area contributed by atoms with E-state index < -0.39 is 10.0 Å². The molecule has 0 bridgehead atoms. The van der Waals surface area contributed by atoms with Gasteiger partial charge in [0.15, 0.2) is 0 Å². The van der Waals surface area contributed by atoms with Crippen molar-refractivity contribution in [3.05, 3.63) is 54.7 Å². The first-order chi connectivity index (χ1) is 16.4. The number of sulfonamides is 1. The highest BCUT2D eigenvalue weighted by Gasteiger charge is 2.28. The number of carbonyl (C=O) groups excluding carboxylic acids is 1. The van der Waals surface area contributed by atoms with Crippen LogP contribution in [0.5, 0.6) is 11.5 Å². The number of methoxy groups -OCH3 is 2. The summed E-state index contributed by atoms with van der Waals surface area (Å²) in [6, 6.07) is 14.0. The molecule has 1 aliphatic rings. The molecule has 1 aromatic heterocycles. The van der Waals surface area contributed by atoms with Crippen LogP contribution in [0.25, 0.3) is 10.9 Å². The Morgan fingerprint density at radius 1 is 1.00 bits per heavy atom. The van der Waals surface area contributed by atoms with Crippen molar-refractivity contribution in [3.63, 3.8) is 0 Å². The Morgan fingerprint density at radius 3 is 2.35 bits per heavy atom. The maximum Gasteiger partial charge on any atom is 0.242 e. The van der Waals surface area contributed by atoms with Crippen LogP contribution in [-0.4, -0.2) is 40.1 Å². The number of nitrogens with zero attached hydrogens (tertiary/aromatic N) is 1. The molecule has 0 unspecified atom stereocenters. The molecular weight excluding hydrogens is 454 g/mol. The van der Waals surface area contributed by atoms with Gasteiger partial charge in [-0.1, -0.05) is 18.2 Å². The molecule has 0 radical (unpaired) electrons. The third-order valence-electron chi connectivity index (χ3n) is 6.28. The highest BCUT2D eigenvalue weighted by Crippen LogP contribution is 2.31. The average molecular weight is 484 g/mol. The molecule has 9 heteroatoms. The second-order valence-corrected chi connectivity index (χ2v) is 10.2. The normalized spacial score (nSPS) is 18.4. The van der Waals surface area contributed by atoms with Crippen LogP contribution in [-0.2, 0) is 14.8 Å². The summed E-state index contributed by atoms with van der Waals surface area (Å²) in [6.07, 6.45) is 4.55. The van der Waals surface area contributed by atoms with Crippen LogP contribution in [0, 0.1) is 11.8 Å². The van der Waals surface area contributed by atoms with E-state index >= 15 is 0 Å². The largest absolute Gasteiger partial charge is 0.497 e. The first-order valence-electron chi connectivity index (χ1n) is 11.3. The van der Waals surface area contributed by atoms with Crippen LogP contribution < -0.4 is 19.5 Å². The molecule has 1 heterocycles. The lowest BCUT2D eigenvalue weighted by atomic mass is 9.81. The number of para-hydroxylation sites is 1. The smallest absolute Gasteiger partial charge is 0.242 e. The molecule has 2 N–H and O–H groups in total. The first-order valence-corrected chi connectivity index (χ1v) is 12.8. The fourth-order valence-corrected chi connectivity index (χ4v) is 5.64. The number of amides is 1. The molecule has 8 nitrogen and oxygen atoms in total.